The van der Waals surface area contributed by atoms with Gasteiger partial charge in [-0.25, -0.2) is 17.7 Å². The van der Waals surface area contributed by atoms with E-state index in [1.807, 2.05) is 36.6 Å². The van der Waals surface area contributed by atoms with Crippen LogP contribution in [-0.2, 0) is 10.0 Å². The van der Waals surface area contributed by atoms with Crippen LogP contribution in [0.2, 0.25) is 0 Å². The quantitative estimate of drug-likeness (QED) is 0.583. The largest absolute Gasteiger partial charge is 0.371 e. The number of aryl methyl sites for hydroxylation is 1. The van der Waals surface area contributed by atoms with Gasteiger partial charge in [-0.2, -0.15) is 0 Å². The summed E-state index contributed by atoms with van der Waals surface area (Å²) in [6.07, 6.45) is 2.10. The highest BCUT2D eigenvalue weighted by atomic mass is 32.2. The average molecular weight is 471 g/mol. The maximum atomic E-state index is 13.2. The minimum absolute atomic E-state index is 0.102. The van der Waals surface area contributed by atoms with Gasteiger partial charge in [-0.05, 0) is 50.1 Å². The van der Waals surface area contributed by atoms with E-state index in [1.165, 1.54) is 20.2 Å². The number of hydrogen-bond donors (Lipinski definition) is 1. The Balaban J connectivity index is 1.63. The van der Waals surface area contributed by atoms with E-state index in [0.29, 0.717) is 11.3 Å². The van der Waals surface area contributed by atoms with Gasteiger partial charge in [0.1, 0.15) is 0 Å². The first-order valence-corrected chi connectivity index (χ1v) is 12.7. The van der Waals surface area contributed by atoms with Gasteiger partial charge in [0.15, 0.2) is 0 Å². The van der Waals surface area contributed by atoms with Crippen LogP contribution >= 0.6 is 11.3 Å². The summed E-state index contributed by atoms with van der Waals surface area (Å²) in [5, 5.41) is 5.92. The van der Waals surface area contributed by atoms with Crippen LogP contribution in [-0.4, -0.2) is 50.8 Å². The summed E-state index contributed by atoms with van der Waals surface area (Å²) in [5.74, 6) is -0.333. The van der Waals surface area contributed by atoms with Crippen LogP contribution in [0.4, 0.5) is 11.4 Å². The lowest BCUT2D eigenvalue weighted by atomic mass is 10.1. The number of amides is 1. The van der Waals surface area contributed by atoms with Crippen molar-refractivity contribution in [1.82, 2.24) is 9.29 Å². The van der Waals surface area contributed by atoms with Crippen LogP contribution in [0.3, 0.4) is 0 Å². The van der Waals surface area contributed by atoms with Crippen LogP contribution in [0.1, 0.15) is 28.2 Å². The Labute approximate surface area is 192 Å². The highest BCUT2D eigenvalue weighted by molar-refractivity contribution is 7.89. The molecule has 32 heavy (non-hydrogen) atoms. The molecule has 1 N–H and O–H groups in total. The number of carbonyl (C=O) groups is 1. The summed E-state index contributed by atoms with van der Waals surface area (Å²) < 4.78 is 26.4. The van der Waals surface area contributed by atoms with Crippen molar-refractivity contribution in [1.29, 1.82) is 0 Å². The number of nitrogens with one attached hydrogen (secondary N) is 1. The first kappa shape index (κ1) is 22.4. The summed E-state index contributed by atoms with van der Waals surface area (Å²) >= 11 is 1.59. The third-order valence-corrected chi connectivity index (χ3v) is 8.08. The zero-order valence-corrected chi connectivity index (χ0v) is 20.0. The Hall–Kier alpha value is -2.75. The van der Waals surface area contributed by atoms with Crippen molar-refractivity contribution in [3.8, 4) is 11.3 Å². The molecule has 2 heterocycles. The summed E-state index contributed by atoms with van der Waals surface area (Å²) in [6, 6.07) is 12.3. The number of aromatic nitrogens is 1. The standard InChI is InChI=1S/C23H26N4O3S2/c1-16-24-21(15-31-16)17-6-8-18(9-7-17)25-23(28)20-14-19(32(29,30)26(2)3)10-11-22(20)27-12-4-5-13-27/h6-11,14-15H,4-5,12-13H2,1-3H3,(H,25,28). The van der Waals surface area contributed by atoms with E-state index >= 15 is 0 Å². The van der Waals surface area contributed by atoms with Crippen molar-refractivity contribution >= 4 is 38.6 Å². The molecule has 0 aliphatic carbocycles. The topological polar surface area (TPSA) is 82.6 Å². The molecule has 0 spiro atoms. The average Bonchev–Trinajstić information content (AvgIpc) is 3.46. The van der Waals surface area contributed by atoms with Gasteiger partial charge in [-0.3, -0.25) is 4.79 Å². The molecular weight excluding hydrogens is 444 g/mol. The Morgan fingerprint density at radius 1 is 1.09 bits per heavy atom. The number of carbonyl (C=O) groups excluding carboxylic acids is 1. The number of benzene rings is 2. The molecule has 1 aromatic heterocycles. The maximum Gasteiger partial charge on any atom is 0.257 e. The van der Waals surface area contributed by atoms with Crippen molar-refractivity contribution < 1.29 is 13.2 Å². The third-order valence-electron chi connectivity index (χ3n) is 5.50. The van der Waals surface area contributed by atoms with Gasteiger partial charge in [0.05, 0.1) is 21.2 Å². The Kier molecular flexibility index (Phi) is 6.32. The fourth-order valence-electron chi connectivity index (χ4n) is 3.72. The van der Waals surface area contributed by atoms with Crippen LogP contribution in [0.5, 0.6) is 0 Å². The van der Waals surface area contributed by atoms with Gasteiger partial charge in [-0.15, -0.1) is 11.3 Å². The van der Waals surface area contributed by atoms with Gasteiger partial charge in [-0.1, -0.05) is 12.1 Å². The molecule has 1 aliphatic rings. The minimum Gasteiger partial charge on any atom is -0.371 e. The summed E-state index contributed by atoms with van der Waals surface area (Å²) in [6.45, 7) is 3.66. The van der Waals surface area contributed by atoms with Gasteiger partial charge in [0.25, 0.3) is 5.91 Å². The zero-order valence-electron chi connectivity index (χ0n) is 18.3. The molecule has 1 aliphatic heterocycles. The number of sulfonamides is 1. The highest BCUT2D eigenvalue weighted by Crippen LogP contribution is 2.29. The summed E-state index contributed by atoms with van der Waals surface area (Å²) in [4.78, 5) is 20.0. The molecule has 3 aromatic rings. The molecule has 1 amide bonds. The summed E-state index contributed by atoms with van der Waals surface area (Å²) in [7, 11) is -0.689. The first-order valence-electron chi connectivity index (χ1n) is 10.4. The van der Waals surface area contributed by atoms with Crippen molar-refractivity contribution in [2.45, 2.75) is 24.7 Å². The predicted molar refractivity (Wildman–Crippen MR) is 129 cm³/mol. The predicted octanol–water partition coefficient (Wildman–Crippen LogP) is 4.22. The Morgan fingerprint density at radius 2 is 1.78 bits per heavy atom. The fraction of sp³-hybridized carbons (Fsp3) is 0.304. The molecule has 168 valence electrons. The molecule has 0 atom stereocenters. The second kappa shape index (κ2) is 9.01. The highest BCUT2D eigenvalue weighted by Gasteiger charge is 2.24. The van der Waals surface area contributed by atoms with Crippen molar-refractivity contribution in [2.75, 3.05) is 37.4 Å². The van der Waals surface area contributed by atoms with E-state index in [0.717, 1.165) is 52.2 Å². The van der Waals surface area contributed by atoms with Crippen LogP contribution in [0, 0.1) is 6.92 Å². The molecular formula is C23H26N4O3S2. The van der Waals surface area contributed by atoms with Gasteiger partial charge in [0.2, 0.25) is 10.0 Å². The number of rotatable bonds is 6. The monoisotopic (exact) mass is 470 g/mol. The lowest BCUT2D eigenvalue weighted by Crippen LogP contribution is -2.25. The van der Waals surface area contributed by atoms with E-state index in [9.17, 15) is 13.2 Å². The van der Waals surface area contributed by atoms with E-state index < -0.39 is 10.0 Å². The first-order chi connectivity index (χ1) is 15.3. The minimum atomic E-state index is -3.65. The number of anilines is 2. The smallest absolute Gasteiger partial charge is 0.257 e. The fourth-order valence-corrected chi connectivity index (χ4v) is 5.27. The lowest BCUT2D eigenvalue weighted by molar-refractivity contribution is 0.102. The zero-order chi connectivity index (χ0) is 22.9. The third kappa shape index (κ3) is 4.55. The van der Waals surface area contributed by atoms with Gasteiger partial charge >= 0.3 is 0 Å². The second-order valence-corrected chi connectivity index (χ2v) is 11.2. The normalized spacial score (nSPS) is 14.2. The van der Waals surface area contributed by atoms with E-state index in [-0.39, 0.29) is 10.8 Å². The van der Waals surface area contributed by atoms with E-state index in [2.05, 4.69) is 15.2 Å². The molecule has 4 rings (SSSR count). The number of thiazole rings is 1. The number of hydrogen-bond acceptors (Lipinski definition) is 6. The van der Waals surface area contributed by atoms with Gasteiger partial charge in [0, 0.05) is 49.5 Å². The van der Waals surface area contributed by atoms with Crippen LogP contribution in [0.25, 0.3) is 11.3 Å². The van der Waals surface area contributed by atoms with Crippen molar-refractivity contribution in [2.24, 2.45) is 0 Å². The van der Waals surface area contributed by atoms with Crippen molar-refractivity contribution in [3.63, 3.8) is 0 Å². The molecule has 9 heteroatoms. The van der Waals surface area contributed by atoms with Crippen LogP contribution in [0.15, 0.2) is 52.7 Å². The number of nitrogens with zero attached hydrogens (tertiary/aromatic N) is 3. The maximum absolute atomic E-state index is 13.2. The molecule has 0 unspecified atom stereocenters. The lowest BCUT2D eigenvalue weighted by Gasteiger charge is -2.22. The Bertz CT molecular complexity index is 1230. The Morgan fingerprint density at radius 3 is 2.38 bits per heavy atom. The van der Waals surface area contributed by atoms with E-state index in [4.69, 9.17) is 0 Å². The van der Waals surface area contributed by atoms with Crippen LogP contribution < -0.4 is 10.2 Å². The molecule has 0 bridgehead atoms. The van der Waals surface area contributed by atoms with Gasteiger partial charge < -0.3 is 10.2 Å². The summed E-state index contributed by atoms with van der Waals surface area (Å²) in [5.41, 5.74) is 3.63. The SMILES string of the molecule is Cc1nc(-c2ccc(NC(=O)c3cc(S(=O)(=O)N(C)C)ccc3N3CCCC3)cc2)cs1. The van der Waals surface area contributed by atoms with E-state index in [1.54, 1.807) is 23.5 Å². The molecule has 2 aromatic carbocycles. The molecule has 0 radical (unpaired) electrons. The molecule has 7 nitrogen and oxygen atoms in total. The molecule has 1 fully saturated rings. The molecule has 1 saturated heterocycles. The second-order valence-electron chi connectivity index (χ2n) is 7.94. The van der Waals surface area contributed by atoms with Crippen molar-refractivity contribution in [3.05, 3.63) is 58.4 Å². The molecule has 0 saturated carbocycles.